The van der Waals surface area contributed by atoms with E-state index in [1.165, 1.54) is 11.1 Å². The van der Waals surface area contributed by atoms with Crippen LogP contribution in [0.5, 0.6) is 0 Å². The van der Waals surface area contributed by atoms with Gasteiger partial charge >= 0.3 is 0 Å². The fourth-order valence-corrected chi connectivity index (χ4v) is 2.73. The average Bonchev–Trinajstić information content (AvgIpc) is 2.76. The van der Waals surface area contributed by atoms with E-state index in [1.54, 1.807) is 0 Å². The first-order valence-corrected chi connectivity index (χ1v) is 8.12. The van der Waals surface area contributed by atoms with Gasteiger partial charge in [0.05, 0.1) is 0 Å². The maximum atomic E-state index is 12.3. The van der Waals surface area contributed by atoms with Crippen LogP contribution < -0.4 is 0 Å². The molecule has 0 aliphatic heterocycles. The molecular formula is C18H30O2. The number of carbonyl (C=O) groups excluding carboxylic acids is 1. The first-order chi connectivity index (χ1) is 9.43. The van der Waals surface area contributed by atoms with Crippen molar-refractivity contribution in [1.29, 1.82) is 0 Å². The molecule has 1 rings (SSSR count). The van der Waals surface area contributed by atoms with E-state index in [2.05, 4.69) is 34.6 Å². The van der Waals surface area contributed by atoms with Gasteiger partial charge in [-0.2, -0.15) is 0 Å². The van der Waals surface area contributed by atoms with Crippen LogP contribution in [0.2, 0.25) is 0 Å². The van der Waals surface area contributed by atoms with Crippen LogP contribution in [0.3, 0.4) is 0 Å². The minimum Gasteiger partial charge on any atom is -0.457 e. The highest BCUT2D eigenvalue weighted by Gasteiger charge is 2.26. The van der Waals surface area contributed by atoms with Gasteiger partial charge in [0.2, 0.25) is 0 Å². The molecule has 1 aromatic heterocycles. The molecule has 0 bridgehead atoms. The minimum atomic E-state index is 0.174. The summed E-state index contributed by atoms with van der Waals surface area (Å²) in [5, 5.41) is 0. The first-order valence-electron chi connectivity index (χ1n) is 8.12. The second-order valence-corrected chi connectivity index (χ2v) is 6.27. The molecule has 0 aliphatic carbocycles. The summed E-state index contributed by atoms with van der Waals surface area (Å²) in [6.07, 6.45) is 4.68. The summed E-state index contributed by atoms with van der Waals surface area (Å²) in [5.74, 6) is 2.58. The third-order valence-electron chi connectivity index (χ3n) is 3.69. The monoisotopic (exact) mass is 278 g/mol. The number of ketones is 1. The summed E-state index contributed by atoms with van der Waals surface area (Å²) in [7, 11) is 0. The molecule has 0 aliphatic rings. The van der Waals surface area contributed by atoms with E-state index in [1.807, 2.05) is 6.92 Å². The highest BCUT2D eigenvalue weighted by atomic mass is 16.3. The van der Waals surface area contributed by atoms with Crippen LogP contribution in [0, 0.1) is 0 Å². The Balaban J connectivity index is 3.33. The van der Waals surface area contributed by atoms with Gasteiger partial charge in [-0.15, -0.1) is 0 Å². The van der Waals surface area contributed by atoms with Crippen molar-refractivity contribution in [2.45, 2.75) is 85.5 Å². The zero-order valence-electron chi connectivity index (χ0n) is 14.0. The predicted octanol–water partition coefficient (Wildman–Crippen LogP) is 5.85. The lowest BCUT2D eigenvalue weighted by molar-refractivity contribution is 0.0951. The Kier molecular flexibility index (Phi) is 6.51. The number of furan rings is 1. The molecule has 0 aromatic carbocycles. The normalized spacial score (nSPS) is 11.6. The van der Waals surface area contributed by atoms with Crippen molar-refractivity contribution in [1.82, 2.24) is 0 Å². The number of rotatable bonds is 8. The van der Waals surface area contributed by atoms with Gasteiger partial charge in [-0.1, -0.05) is 48.0 Å². The van der Waals surface area contributed by atoms with Crippen molar-refractivity contribution in [2.24, 2.45) is 0 Å². The maximum Gasteiger partial charge on any atom is 0.198 e. The van der Waals surface area contributed by atoms with Crippen molar-refractivity contribution in [3.05, 3.63) is 22.6 Å². The van der Waals surface area contributed by atoms with Crippen molar-refractivity contribution in [3.8, 4) is 0 Å². The third-order valence-corrected chi connectivity index (χ3v) is 3.69. The minimum absolute atomic E-state index is 0.174. The molecule has 1 heterocycles. The Bertz CT molecular complexity index is 439. The third kappa shape index (κ3) is 3.74. The van der Waals surface area contributed by atoms with E-state index in [4.69, 9.17) is 4.42 Å². The van der Waals surface area contributed by atoms with Gasteiger partial charge in [0, 0.05) is 23.5 Å². The van der Waals surface area contributed by atoms with E-state index in [0.717, 1.165) is 31.4 Å². The first kappa shape index (κ1) is 17.0. The standard InChI is InChI=1S/C18H30O2/c1-7-9-11-14-16(12(3)4)17(13(5)6)20-18(14)15(19)10-8-2/h12-13H,7-11H2,1-6H3. The van der Waals surface area contributed by atoms with Crippen molar-refractivity contribution in [2.75, 3.05) is 0 Å². The Labute approximate surface area is 123 Å². The molecule has 0 atom stereocenters. The van der Waals surface area contributed by atoms with Crippen LogP contribution >= 0.6 is 0 Å². The number of hydrogen-bond acceptors (Lipinski definition) is 2. The summed E-state index contributed by atoms with van der Waals surface area (Å²) in [5.41, 5.74) is 2.47. The Morgan fingerprint density at radius 2 is 1.70 bits per heavy atom. The highest BCUT2D eigenvalue weighted by Crippen LogP contribution is 2.35. The van der Waals surface area contributed by atoms with Crippen LogP contribution in [0.1, 0.15) is 107 Å². The number of Topliss-reactive ketones (excluding diaryl/α,β-unsaturated/α-hetero) is 1. The number of hydrogen-bond donors (Lipinski definition) is 0. The Morgan fingerprint density at radius 1 is 1.05 bits per heavy atom. The van der Waals surface area contributed by atoms with Gasteiger partial charge in [-0.25, -0.2) is 0 Å². The summed E-state index contributed by atoms with van der Waals surface area (Å²) in [6, 6.07) is 0. The zero-order valence-corrected chi connectivity index (χ0v) is 14.0. The Hall–Kier alpha value is -1.05. The fourth-order valence-electron chi connectivity index (χ4n) is 2.73. The molecule has 2 heteroatoms. The summed E-state index contributed by atoms with van der Waals surface area (Å²) in [6.45, 7) is 12.9. The zero-order chi connectivity index (χ0) is 15.3. The lowest BCUT2D eigenvalue weighted by Crippen LogP contribution is -2.03. The molecule has 0 radical (unpaired) electrons. The SMILES string of the molecule is CCCCc1c(C(=O)CCC)oc(C(C)C)c1C(C)C. The predicted molar refractivity (Wildman–Crippen MR) is 84.7 cm³/mol. The van der Waals surface area contributed by atoms with Gasteiger partial charge in [0.15, 0.2) is 11.5 Å². The lowest BCUT2D eigenvalue weighted by Gasteiger charge is -2.11. The van der Waals surface area contributed by atoms with Crippen LogP contribution in [0.4, 0.5) is 0 Å². The van der Waals surface area contributed by atoms with Gasteiger partial charge in [0.25, 0.3) is 0 Å². The van der Waals surface area contributed by atoms with E-state index < -0.39 is 0 Å². The molecule has 0 amide bonds. The smallest absolute Gasteiger partial charge is 0.198 e. The van der Waals surface area contributed by atoms with Gasteiger partial charge in [0.1, 0.15) is 5.76 Å². The highest BCUT2D eigenvalue weighted by molar-refractivity contribution is 5.95. The molecule has 0 fully saturated rings. The quantitative estimate of drug-likeness (QED) is 0.558. The van der Waals surface area contributed by atoms with Crippen molar-refractivity contribution >= 4 is 5.78 Å². The Morgan fingerprint density at radius 3 is 2.15 bits per heavy atom. The molecule has 0 spiro atoms. The van der Waals surface area contributed by atoms with Gasteiger partial charge < -0.3 is 4.42 Å². The summed E-state index contributed by atoms with van der Waals surface area (Å²) < 4.78 is 6.03. The van der Waals surface area contributed by atoms with Crippen molar-refractivity contribution < 1.29 is 9.21 Å². The van der Waals surface area contributed by atoms with Crippen molar-refractivity contribution in [3.63, 3.8) is 0 Å². The van der Waals surface area contributed by atoms with Crippen LogP contribution in [-0.2, 0) is 6.42 Å². The van der Waals surface area contributed by atoms with Crippen LogP contribution in [0.15, 0.2) is 4.42 Å². The number of unbranched alkanes of at least 4 members (excludes halogenated alkanes) is 1. The summed E-state index contributed by atoms with van der Waals surface area (Å²) in [4.78, 5) is 12.3. The van der Waals surface area contributed by atoms with Crippen LogP contribution in [-0.4, -0.2) is 5.78 Å². The molecular weight excluding hydrogens is 248 g/mol. The van der Waals surface area contributed by atoms with Crippen LogP contribution in [0.25, 0.3) is 0 Å². The molecule has 0 unspecified atom stereocenters. The molecule has 1 aromatic rings. The maximum absolute atomic E-state index is 12.3. The number of carbonyl (C=O) groups is 1. The van der Waals surface area contributed by atoms with E-state index in [9.17, 15) is 4.79 Å². The summed E-state index contributed by atoms with van der Waals surface area (Å²) >= 11 is 0. The molecule has 0 N–H and O–H groups in total. The molecule has 0 saturated heterocycles. The topological polar surface area (TPSA) is 30.2 Å². The molecule has 114 valence electrons. The van der Waals surface area contributed by atoms with Gasteiger partial charge in [-0.05, 0) is 25.2 Å². The second kappa shape index (κ2) is 7.66. The molecule has 0 saturated carbocycles. The molecule has 2 nitrogen and oxygen atoms in total. The fraction of sp³-hybridized carbons (Fsp3) is 0.722. The van der Waals surface area contributed by atoms with E-state index >= 15 is 0 Å². The largest absolute Gasteiger partial charge is 0.457 e. The molecule has 20 heavy (non-hydrogen) atoms. The van der Waals surface area contributed by atoms with E-state index in [-0.39, 0.29) is 5.78 Å². The van der Waals surface area contributed by atoms with E-state index in [0.29, 0.717) is 24.0 Å². The second-order valence-electron chi connectivity index (χ2n) is 6.27. The average molecular weight is 278 g/mol. The van der Waals surface area contributed by atoms with Gasteiger partial charge in [-0.3, -0.25) is 4.79 Å². The lowest BCUT2D eigenvalue weighted by atomic mass is 9.90.